The molecule has 0 radical (unpaired) electrons. The molecule has 4 heteroatoms. The molecule has 0 N–H and O–H groups in total. The predicted molar refractivity (Wildman–Crippen MR) is 50.8 cm³/mol. The smallest absolute Gasteiger partial charge is 0.305 e. The Bertz CT molecular complexity index is 200. The van der Waals surface area contributed by atoms with E-state index in [1.165, 1.54) is 7.11 Å². The van der Waals surface area contributed by atoms with Crippen molar-refractivity contribution < 1.29 is 19.0 Å². The van der Waals surface area contributed by atoms with Gasteiger partial charge in [-0.05, 0) is 26.7 Å². The number of carbonyl (C=O) groups is 1. The molecule has 1 saturated heterocycles. The second-order valence-corrected chi connectivity index (χ2v) is 3.92. The fourth-order valence-electron chi connectivity index (χ4n) is 1.48. The molecule has 0 aromatic carbocycles. The lowest BCUT2D eigenvalue weighted by molar-refractivity contribution is -0.142. The van der Waals surface area contributed by atoms with Crippen molar-refractivity contribution in [1.82, 2.24) is 0 Å². The number of hydrogen-bond acceptors (Lipinski definition) is 4. The van der Waals surface area contributed by atoms with Gasteiger partial charge in [0.2, 0.25) is 0 Å². The van der Waals surface area contributed by atoms with E-state index in [0.29, 0.717) is 13.0 Å². The van der Waals surface area contributed by atoms with Crippen molar-refractivity contribution in [2.75, 3.05) is 13.7 Å². The molecule has 0 aromatic rings. The van der Waals surface area contributed by atoms with Crippen LogP contribution in [-0.2, 0) is 19.0 Å². The largest absolute Gasteiger partial charge is 0.469 e. The third-order valence-corrected chi connectivity index (χ3v) is 2.20. The zero-order valence-electron chi connectivity index (χ0n) is 9.04. The minimum atomic E-state index is -0.462. The highest BCUT2D eigenvalue weighted by Gasteiger charge is 2.32. The molecule has 1 aliphatic rings. The van der Waals surface area contributed by atoms with E-state index in [1.807, 2.05) is 13.8 Å². The van der Waals surface area contributed by atoms with E-state index in [0.717, 1.165) is 12.8 Å². The molecule has 1 heterocycles. The molecule has 0 bridgehead atoms. The summed E-state index contributed by atoms with van der Waals surface area (Å²) in [5.74, 6) is -0.626. The molecule has 1 unspecified atom stereocenters. The van der Waals surface area contributed by atoms with E-state index in [1.54, 1.807) is 0 Å². The summed E-state index contributed by atoms with van der Waals surface area (Å²) in [6.45, 7) is 4.41. The van der Waals surface area contributed by atoms with Crippen LogP contribution in [0.5, 0.6) is 0 Å². The second kappa shape index (κ2) is 4.75. The first-order valence-corrected chi connectivity index (χ1v) is 4.92. The molecule has 1 aliphatic heterocycles. The van der Waals surface area contributed by atoms with Gasteiger partial charge < -0.3 is 14.2 Å². The van der Waals surface area contributed by atoms with E-state index in [-0.39, 0.29) is 12.1 Å². The third kappa shape index (κ3) is 3.64. The number of esters is 1. The highest BCUT2D eigenvalue weighted by Crippen LogP contribution is 2.25. The number of hydrogen-bond donors (Lipinski definition) is 0. The molecule has 1 rings (SSSR count). The lowest BCUT2D eigenvalue weighted by atomic mass is 10.1. The van der Waals surface area contributed by atoms with Gasteiger partial charge in [-0.1, -0.05) is 0 Å². The molecule has 0 amide bonds. The van der Waals surface area contributed by atoms with Crippen molar-refractivity contribution in [3.63, 3.8) is 0 Å². The van der Waals surface area contributed by atoms with Gasteiger partial charge in [-0.25, -0.2) is 0 Å². The Hall–Kier alpha value is -0.610. The first-order valence-electron chi connectivity index (χ1n) is 4.92. The van der Waals surface area contributed by atoms with Crippen molar-refractivity contribution in [1.29, 1.82) is 0 Å². The molecule has 82 valence electrons. The summed E-state index contributed by atoms with van der Waals surface area (Å²) in [7, 11) is 1.40. The molecule has 4 nitrogen and oxygen atoms in total. The Labute approximate surface area is 84.5 Å². The maximum atomic E-state index is 10.8. The standard InChI is InChI=1S/C10H18O4/c1-10(2)13-7-8(14-10)5-4-6-9(11)12-3/h8H,4-7H2,1-3H3. The van der Waals surface area contributed by atoms with Gasteiger partial charge in [0, 0.05) is 6.42 Å². The fraction of sp³-hybridized carbons (Fsp3) is 0.900. The quantitative estimate of drug-likeness (QED) is 0.648. The topological polar surface area (TPSA) is 44.8 Å². The van der Waals surface area contributed by atoms with Gasteiger partial charge >= 0.3 is 5.97 Å². The first kappa shape index (κ1) is 11.5. The van der Waals surface area contributed by atoms with Crippen molar-refractivity contribution in [3.05, 3.63) is 0 Å². The molecular formula is C10H18O4. The van der Waals surface area contributed by atoms with Gasteiger partial charge in [0.1, 0.15) is 0 Å². The van der Waals surface area contributed by atoms with Crippen LogP contribution in [0.3, 0.4) is 0 Å². The van der Waals surface area contributed by atoms with E-state index >= 15 is 0 Å². The number of carbonyl (C=O) groups excluding carboxylic acids is 1. The summed E-state index contributed by atoms with van der Waals surface area (Å²) >= 11 is 0. The van der Waals surface area contributed by atoms with Crippen molar-refractivity contribution in [3.8, 4) is 0 Å². The van der Waals surface area contributed by atoms with Crippen LogP contribution in [0.4, 0.5) is 0 Å². The molecule has 0 aromatic heterocycles. The minimum Gasteiger partial charge on any atom is -0.469 e. The Balaban J connectivity index is 2.12. The fourth-order valence-corrected chi connectivity index (χ4v) is 1.48. The molecule has 1 fully saturated rings. The van der Waals surface area contributed by atoms with Crippen LogP contribution in [0.25, 0.3) is 0 Å². The van der Waals surface area contributed by atoms with Crippen LogP contribution in [-0.4, -0.2) is 31.6 Å². The van der Waals surface area contributed by atoms with Crippen LogP contribution in [0, 0.1) is 0 Å². The predicted octanol–water partition coefficient (Wildman–Crippen LogP) is 1.48. The van der Waals surface area contributed by atoms with E-state index in [4.69, 9.17) is 9.47 Å². The number of methoxy groups -OCH3 is 1. The Kier molecular flexibility index (Phi) is 3.89. The van der Waals surface area contributed by atoms with Crippen LogP contribution >= 0.6 is 0 Å². The Morgan fingerprint density at radius 3 is 2.79 bits per heavy atom. The zero-order valence-corrected chi connectivity index (χ0v) is 9.04. The third-order valence-electron chi connectivity index (χ3n) is 2.20. The van der Waals surface area contributed by atoms with E-state index in [9.17, 15) is 4.79 Å². The second-order valence-electron chi connectivity index (χ2n) is 3.92. The summed E-state index contributed by atoms with van der Waals surface area (Å²) in [5, 5.41) is 0. The molecule has 0 saturated carbocycles. The summed E-state index contributed by atoms with van der Waals surface area (Å²) in [6.07, 6.45) is 2.21. The highest BCUT2D eigenvalue weighted by molar-refractivity contribution is 5.68. The summed E-state index contributed by atoms with van der Waals surface area (Å²) in [5.41, 5.74) is 0. The van der Waals surface area contributed by atoms with Crippen LogP contribution in [0.15, 0.2) is 0 Å². The van der Waals surface area contributed by atoms with Gasteiger partial charge in [0.25, 0.3) is 0 Å². The van der Waals surface area contributed by atoms with E-state index < -0.39 is 5.79 Å². The lowest BCUT2D eigenvalue weighted by Gasteiger charge is -2.16. The van der Waals surface area contributed by atoms with Gasteiger partial charge in [0.05, 0.1) is 19.8 Å². The van der Waals surface area contributed by atoms with Crippen LogP contribution < -0.4 is 0 Å². The van der Waals surface area contributed by atoms with Gasteiger partial charge in [0.15, 0.2) is 5.79 Å². The average molecular weight is 202 g/mol. The van der Waals surface area contributed by atoms with Crippen LogP contribution in [0.1, 0.15) is 33.1 Å². The summed E-state index contributed by atoms with van der Waals surface area (Å²) in [6, 6.07) is 0. The first-order chi connectivity index (χ1) is 6.53. The van der Waals surface area contributed by atoms with E-state index in [2.05, 4.69) is 4.74 Å². The van der Waals surface area contributed by atoms with Crippen LogP contribution in [0.2, 0.25) is 0 Å². The average Bonchev–Trinajstić information content (AvgIpc) is 2.45. The molecule has 14 heavy (non-hydrogen) atoms. The Morgan fingerprint density at radius 1 is 1.57 bits per heavy atom. The number of ether oxygens (including phenoxy) is 3. The summed E-state index contributed by atoms with van der Waals surface area (Å²) in [4.78, 5) is 10.8. The monoisotopic (exact) mass is 202 g/mol. The van der Waals surface area contributed by atoms with Gasteiger partial charge in [-0.3, -0.25) is 4.79 Å². The van der Waals surface area contributed by atoms with Crippen molar-refractivity contribution in [2.45, 2.75) is 45.0 Å². The highest BCUT2D eigenvalue weighted by atomic mass is 16.7. The summed E-state index contributed by atoms with van der Waals surface area (Å²) < 4.78 is 15.5. The molecule has 0 aliphatic carbocycles. The van der Waals surface area contributed by atoms with Gasteiger partial charge in [-0.2, -0.15) is 0 Å². The zero-order chi connectivity index (χ0) is 10.6. The molecule has 0 spiro atoms. The van der Waals surface area contributed by atoms with Gasteiger partial charge in [-0.15, -0.1) is 0 Å². The maximum absolute atomic E-state index is 10.8. The maximum Gasteiger partial charge on any atom is 0.305 e. The Morgan fingerprint density at radius 2 is 2.29 bits per heavy atom. The lowest BCUT2D eigenvalue weighted by Crippen LogP contribution is -2.21. The van der Waals surface area contributed by atoms with Crippen molar-refractivity contribution in [2.24, 2.45) is 0 Å². The minimum absolute atomic E-state index is 0.120. The molecular weight excluding hydrogens is 184 g/mol. The normalized spacial score (nSPS) is 24.9. The number of rotatable bonds is 4. The SMILES string of the molecule is COC(=O)CCCC1COC(C)(C)O1. The molecule has 1 atom stereocenters. The van der Waals surface area contributed by atoms with Crippen molar-refractivity contribution >= 4 is 5.97 Å².